The molecule has 0 aliphatic heterocycles. The molecule has 1 atom stereocenters. The van der Waals surface area contributed by atoms with Gasteiger partial charge in [0, 0.05) is 22.1 Å². The van der Waals surface area contributed by atoms with Gasteiger partial charge in [0.25, 0.3) is 5.91 Å². The second-order valence-electron chi connectivity index (χ2n) is 7.15. The second-order valence-corrected chi connectivity index (χ2v) is 8.60. The first-order chi connectivity index (χ1) is 13.5. The molecule has 1 N–H and O–H groups in total. The predicted molar refractivity (Wildman–Crippen MR) is 108 cm³/mol. The Hall–Kier alpha value is -2.73. The Labute approximate surface area is 166 Å². The molecule has 1 aliphatic carbocycles. The van der Waals surface area contributed by atoms with E-state index in [0.717, 1.165) is 28.9 Å². The highest BCUT2D eigenvalue weighted by atomic mass is 32.2. The van der Waals surface area contributed by atoms with E-state index in [1.807, 2.05) is 50.2 Å². The van der Waals surface area contributed by atoms with Crippen LogP contribution in [0.25, 0.3) is 11.5 Å². The molecule has 4 rings (SSSR count). The summed E-state index contributed by atoms with van der Waals surface area (Å²) < 4.78 is 18.4. The van der Waals surface area contributed by atoms with Crippen LogP contribution in [0.2, 0.25) is 0 Å². The topological polar surface area (TPSA) is 72.2 Å². The van der Waals surface area contributed by atoms with E-state index in [9.17, 15) is 9.00 Å². The monoisotopic (exact) mass is 394 g/mol. The van der Waals surface area contributed by atoms with Crippen molar-refractivity contribution in [2.24, 2.45) is 0 Å². The van der Waals surface area contributed by atoms with Crippen molar-refractivity contribution in [3.05, 3.63) is 71.1 Å². The third kappa shape index (κ3) is 4.22. The first kappa shape index (κ1) is 18.6. The average molecular weight is 394 g/mol. The number of amides is 1. The largest absolute Gasteiger partial charge is 0.441 e. The number of nitrogens with one attached hydrogen (secondary N) is 1. The molecule has 1 fully saturated rings. The minimum Gasteiger partial charge on any atom is -0.441 e. The van der Waals surface area contributed by atoms with Crippen molar-refractivity contribution < 1.29 is 13.4 Å². The molecule has 0 saturated heterocycles. The zero-order valence-corrected chi connectivity index (χ0v) is 16.7. The Kier molecular flexibility index (Phi) is 5.13. The highest BCUT2D eigenvalue weighted by Crippen LogP contribution is 2.25. The number of aromatic nitrogens is 1. The molecule has 1 saturated carbocycles. The van der Waals surface area contributed by atoms with Crippen molar-refractivity contribution in [1.29, 1.82) is 0 Å². The third-order valence-electron chi connectivity index (χ3n) is 4.75. The van der Waals surface area contributed by atoms with Crippen LogP contribution in [-0.2, 0) is 16.6 Å². The van der Waals surface area contributed by atoms with Gasteiger partial charge in [-0.15, -0.1) is 0 Å². The summed E-state index contributed by atoms with van der Waals surface area (Å²) in [7, 11) is -1.18. The zero-order chi connectivity index (χ0) is 19.7. The first-order valence-electron chi connectivity index (χ1n) is 9.32. The summed E-state index contributed by atoms with van der Waals surface area (Å²) in [5.41, 5.74) is 3.23. The van der Waals surface area contributed by atoms with Gasteiger partial charge in [0.2, 0.25) is 5.89 Å². The Morgan fingerprint density at radius 3 is 2.43 bits per heavy atom. The van der Waals surface area contributed by atoms with Crippen LogP contribution in [0.5, 0.6) is 0 Å². The van der Waals surface area contributed by atoms with Crippen molar-refractivity contribution in [2.45, 2.75) is 43.4 Å². The highest BCUT2D eigenvalue weighted by molar-refractivity contribution is 7.84. The van der Waals surface area contributed by atoms with Gasteiger partial charge in [-0.1, -0.05) is 17.7 Å². The standard InChI is InChI=1S/C22H22N2O3S/c1-14-3-11-19(12-4-14)28(26)13-20-15(2)27-22(24-20)17-7-5-16(6-8-17)21(25)23-18-9-10-18/h3-8,11-12,18H,9-10,13H2,1-2H3,(H,23,25). The highest BCUT2D eigenvalue weighted by Gasteiger charge is 2.23. The molecule has 144 valence electrons. The number of carbonyl (C=O) groups is 1. The van der Waals surface area contributed by atoms with Gasteiger partial charge < -0.3 is 9.73 Å². The molecule has 5 nitrogen and oxygen atoms in total. The Morgan fingerprint density at radius 1 is 1.11 bits per heavy atom. The smallest absolute Gasteiger partial charge is 0.251 e. The maximum atomic E-state index is 12.6. The first-order valence-corrected chi connectivity index (χ1v) is 10.6. The third-order valence-corrected chi connectivity index (χ3v) is 6.08. The molecule has 1 amide bonds. The summed E-state index contributed by atoms with van der Waals surface area (Å²) in [6, 6.07) is 15.2. The van der Waals surface area contributed by atoms with Crippen molar-refractivity contribution in [3.63, 3.8) is 0 Å². The van der Waals surface area contributed by atoms with Crippen LogP contribution in [0.1, 0.15) is 40.2 Å². The van der Waals surface area contributed by atoms with Crippen LogP contribution >= 0.6 is 0 Å². The molecule has 6 heteroatoms. The Bertz CT molecular complexity index is 1020. The molecular formula is C22H22N2O3S. The fraction of sp³-hybridized carbons (Fsp3) is 0.273. The van der Waals surface area contributed by atoms with E-state index < -0.39 is 10.8 Å². The lowest BCUT2D eigenvalue weighted by molar-refractivity contribution is 0.0951. The molecule has 0 spiro atoms. The number of hydrogen-bond acceptors (Lipinski definition) is 4. The summed E-state index contributed by atoms with van der Waals surface area (Å²) in [5.74, 6) is 1.39. The van der Waals surface area contributed by atoms with Crippen LogP contribution in [0.3, 0.4) is 0 Å². The molecular weight excluding hydrogens is 372 g/mol. The maximum Gasteiger partial charge on any atom is 0.251 e. The number of hydrogen-bond donors (Lipinski definition) is 1. The molecule has 1 aromatic heterocycles. The number of oxazole rings is 1. The number of aryl methyl sites for hydroxylation is 2. The van der Waals surface area contributed by atoms with Crippen LogP contribution < -0.4 is 5.32 Å². The van der Waals surface area contributed by atoms with Crippen molar-refractivity contribution in [2.75, 3.05) is 0 Å². The van der Waals surface area contributed by atoms with Gasteiger partial charge in [-0.2, -0.15) is 0 Å². The lowest BCUT2D eigenvalue weighted by Gasteiger charge is -2.03. The van der Waals surface area contributed by atoms with Gasteiger partial charge in [-0.3, -0.25) is 9.00 Å². The molecule has 1 heterocycles. The summed E-state index contributed by atoms with van der Waals surface area (Å²) in [4.78, 5) is 17.4. The molecule has 0 bridgehead atoms. The van der Waals surface area contributed by atoms with Crippen molar-refractivity contribution in [1.82, 2.24) is 10.3 Å². The summed E-state index contributed by atoms with van der Waals surface area (Å²) in [5, 5.41) is 2.97. The Balaban J connectivity index is 1.48. The van der Waals surface area contributed by atoms with Gasteiger partial charge in [-0.05, 0) is 63.1 Å². The van der Waals surface area contributed by atoms with E-state index in [0.29, 0.717) is 34.7 Å². The number of rotatable bonds is 6. The van der Waals surface area contributed by atoms with E-state index >= 15 is 0 Å². The maximum absolute atomic E-state index is 12.6. The predicted octanol–water partition coefficient (Wildman–Crippen LogP) is 4.16. The van der Waals surface area contributed by atoms with Crippen LogP contribution in [0, 0.1) is 13.8 Å². The minimum absolute atomic E-state index is 0.0492. The minimum atomic E-state index is -1.18. The quantitative estimate of drug-likeness (QED) is 0.681. The number of carbonyl (C=O) groups excluding carboxylic acids is 1. The van der Waals surface area contributed by atoms with E-state index in [1.165, 1.54) is 0 Å². The van der Waals surface area contributed by atoms with E-state index in [-0.39, 0.29) is 5.91 Å². The van der Waals surface area contributed by atoms with E-state index in [4.69, 9.17) is 4.42 Å². The molecule has 1 unspecified atom stereocenters. The zero-order valence-electron chi connectivity index (χ0n) is 15.9. The number of benzene rings is 2. The molecule has 28 heavy (non-hydrogen) atoms. The molecule has 1 aliphatic rings. The van der Waals surface area contributed by atoms with Crippen LogP contribution in [-0.4, -0.2) is 21.1 Å². The van der Waals surface area contributed by atoms with Gasteiger partial charge in [0.15, 0.2) is 0 Å². The summed E-state index contributed by atoms with van der Waals surface area (Å²) in [6.07, 6.45) is 2.12. The summed E-state index contributed by atoms with van der Waals surface area (Å²) in [6.45, 7) is 3.83. The number of nitrogens with zero attached hydrogens (tertiary/aromatic N) is 1. The van der Waals surface area contributed by atoms with Gasteiger partial charge in [0.1, 0.15) is 5.76 Å². The normalized spacial score (nSPS) is 14.6. The second kappa shape index (κ2) is 7.72. The van der Waals surface area contributed by atoms with Crippen molar-refractivity contribution >= 4 is 16.7 Å². The fourth-order valence-corrected chi connectivity index (χ4v) is 3.97. The van der Waals surface area contributed by atoms with E-state index in [1.54, 1.807) is 12.1 Å². The Morgan fingerprint density at radius 2 is 1.79 bits per heavy atom. The van der Waals surface area contributed by atoms with E-state index in [2.05, 4.69) is 10.3 Å². The lowest BCUT2D eigenvalue weighted by Crippen LogP contribution is -2.25. The SMILES string of the molecule is Cc1ccc(S(=O)Cc2nc(-c3ccc(C(=O)NC4CC4)cc3)oc2C)cc1. The lowest BCUT2D eigenvalue weighted by atomic mass is 10.1. The van der Waals surface area contributed by atoms with Gasteiger partial charge in [-0.25, -0.2) is 4.98 Å². The molecule has 2 aromatic carbocycles. The average Bonchev–Trinajstić information content (AvgIpc) is 3.44. The molecule has 0 radical (unpaired) electrons. The van der Waals surface area contributed by atoms with Gasteiger partial charge in [0.05, 0.1) is 22.2 Å². The van der Waals surface area contributed by atoms with Gasteiger partial charge >= 0.3 is 0 Å². The van der Waals surface area contributed by atoms with Crippen molar-refractivity contribution in [3.8, 4) is 11.5 Å². The van der Waals surface area contributed by atoms with Crippen LogP contribution in [0.15, 0.2) is 57.8 Å². The summed E-state index contributed by atoms with van der Waals surface area (Å²) >= 11 is 0. The molecule has 3 aromatic rings. The fourth-order valence-electron chi connectivity index (χ4n) is 2.84. The van der Waals surface area contributed by atoms with Crippen LogP contribution in [0.4, 0.5) is 0 Å².